The Morgan fingerprint density at radius 1 is 1.29 bits per heavy atom. The second-order valence-corrected chi connectivity index (χ2v) is 8.34. The summed E-state index contributed by atoms with van der Waals surface area (Å²) in [4.78, 5) is 40.4. The van der Waals surface area contributed by atoms with Gasteiger partial charge in [-0.2, -0.15) is 13.2 Å². The number of carboxylic acid groups (broad SMARTS) is 1. The molecule has 15 heteroatoms. The van der Waals surface area contributed by atoms with Crippen molar-refractivity contribution in [2.24, 2.45) is 0 Å². The number of nitrogens with two attached hydrogens (primary N) is 1. The molecule has 3 rings (SSSR count). The van der Waals surface area contributed by atoms with Gasteiger partial charge in [-0.3, -0.25) is 4.79 Å². The number of pyridine rings is 1. The summed E-state index contributed by atoms with van der Waals surface area (Å²) in [5.74, 6) is 2.73. The normalized spacial score (nSPS) is 12.4. The number of ether oxygens (including phenoxy) is 1. The lowest BCUT2D eigenvalue weighted by Gasteiger charge is -2.16. The van der Waals surface area contributed by atoms with E-state index in [1.54, 1.807) is 6.92 Å². The van der Waals surface area contributed by atoms with Crippen LogP contribution in [0.5, 0.6) is 5.88 Å². The Labute approximate surface area is 202 Å². The first-order valence-electron chi connectivity index (χ1n) is 9.58. The zero-order chi connectivity index (χ0) is 26.1. The van der Waals surface area contributed by atoms with Crippen molar-refractivity contribution in [2.75, 3.05) is 5.84 Å². The van der Waals surface area contributed by atoms with Gasteiger partial charge in [0.2, 0.25) is 5.88 Å². The smallest absolute Gasteiger partial charge is 0.433 e. The summed E-state index contributed by atoms with van der Waals surface area (Å²) < 4.78 is 59.1. The molecule has 0 bridgehead atoms. The van der Waals surface area contributed by atoms with Gasteiger partial charge in [-0.25, -0.2) is 28.2 Å². The number of carboxylic acids is 1. The van der Waals surface area contributed by atoms with E-state index in [1.807, 2.05) is 0 Å². The number of carbonyl (C=O) groups is 1. The Morgan fingerprint density at radius 2 is 1.97 bits per heavy atom. The topological polar surface area (TPSA) is 129 Å². The number of nitrogen functional groups attached to an aromatic ring is 1. The molecule has 0 saturated carbocycles. The van der Waals surface area contributed by atoms with E-state index in [9.17, 15) is 37.1 Å². The fourth-order valence-electron chi connectivity index (χ4n) is 2.87. The van der Waals surface area contributed by atoms with Gasteiger partial charge in [0.25, 0.3) is 5.56 Å². The number of alkyl halides is 3. The first kappa shape index (κ1) is 26.1. The van der Waals surface area contributed by atoms with Crippen molar-refractivity contribution in [3.63, 3.8) is 0 Å². The zero-order valence-corrected chi connectivity index (χ0v) is 19.1. The third kappa shape index (κ3) is 5.43. The molecule has 9 nitrogen and oxygen atoms in total. The maximum atomic E-state index is 14.7. The molecule has 1 atom stereocenters. The molecule has 2 aromatic heterocycles. The monoisotopic (exact) mass is 534 g/mol. The van der Waals surface area contributed by atoms with Crippen molar-refractivity contribution in [3.8, 4) is 11.6 Å². The van der Waals surface area contributed by atoms with Crippen LogP contribution in [0.15, 0.2) is 55.9 Å². The van der Waals surface area contributed by atoms with E-state index in [1.165, 1.54) is 18.3 Å². The molecule has 0 aliphatic carbocycles. The second kappa shape index (κ2) is 10.00. The maximum Gasteiger partial charge on any atom is 0.433 e. The van der Waals surface area contributed by atoms with E-state index in [0.717, 1.165) is 23.9 Å². The fourth-order valence-corrected chi connectivity index (χ4v) is 4.03. The van der Waals surface area contributed by atoms with Gasteiger partial charge in [0, 0.05) is 17.2 Å². The molecule has 0 radical (unpaired) electrons. The van der Waals surface area contributed by atoms with Gasteiger partial charge in [-0.15, -0.1) is 0 Å². The minimum absolute atomic E-state index is 0.0547. The van der Waals surface area contributed by atoms with Crippen LogP contribution in [0.25, 0.3) is 5.69 Å². The van der Waals surface area contributed by atoms with Gasteiger partial charge in [0.15, 0.2) is 11.8 Å². The molecular formula is C20H15ClF4N4O5S. The highest BCUT2D eigenvalue weighted by Crippen LogP contribution is 2.39. The van der Waals surface area contributed by atoms with Gasteiger partial charge in [0.1, 0.15) is 5.82 Å². The summed E-state index contributed by atoms with van der Waals surface area (Å²) in [5, 5.41) is 9.05. The van der Waals surface area contributed by atoms with Crippen LogP contribution in [0.3, 0.4) is 0 Å². The lowest BCUT2D eigenvalue weighted by Crippen LogP contribution is -2.45. The predicted molar refractivity (Wildman–Crippen MR) is 117 cm³/mol. The fraction of sp³-hybridized carbons (Fsp3) is 0.200. The summed E-state index contributed by atoms with van der Waals surface area (Å²) in [6.07, 6.45) is -4.84. The summed E-state index contributed by atoms with van der Waals surface area (Å²) >= 11 is 6.94. The van der Waals surface area contributed by atoms with E-state index >= 15 is 0 Å². The Morgan fingerprint density at radius 3 is 2.57 bits per heavy atom. The summed E-state index contributed by atoms with van der Waals surface area (Å²) in [5.41, 5.74) is -5.53. The maximum absolute atomic E-state index is 14.7. The van der Waals surface area contributed by atoms with Crippen LogP contribution in [-0.2, 0) is 11.0 Å². The summed E-state index contributed by atoms with van der Waals surface area (Å²) in [6, 6.07) is 4.78. The van der Waals surface area contributed by atoms with Crippen molar-refractivity contribution in [2.45, 2.75) is 35.4 Å². The minimum atomic E-state index is -5.10. The van der Waals surface area contributed by atoms with E-state index in [4.69, 9.17) is 22.2 Å². The van der Waals surface area contributed by atoms with Crippen LogP contribution in [0.4, 0.5) is 17.6 Å². The Bertz CT molecular complexity index is 1410. The summed E-state index contributed by atoms with van der Waals surface area (Å²) in [6.45, 7) is 1.59. The average Bonchev–Trinajstić information content (AvgIpc) is 2.77. The molecule has 0 spiro atoms. The molecule has 2 heterocycles. The SMILES string of the molecule is CCC(Oc1ncccc1Sc1cc(-n2c(=O)cc(C(F)(F)F)n(N)c2=O)c(F)cc1Cl)C(=O)O. The number of hydrogen-bond donors (Lipinski definition) is 2. The molecular weight excluding hydrogens is 520 g/mol. The van der Waals surface area contributed by atoms with Crippen molar-refractivity contribution in [1.82, 2.24) is 14.2 Å². The number of aromatic nitrogens is 3. The van der Waals surface area contributed by atoms with E-state index in [2.05, 4.69) is 4.98 Å². The molecule has 0 aliphatic rings. The lowest BCUT2D eigenvalue weighted by molar-refractivity contribution is -0.145. The Kier molecular flexibility index (Phi) is 7.45. The molecule has 0 fully saturated rings. The van der Waals surface area contributed by atoms with Crippen LogP contribution in [0, 0.1) is 5.82 Å². The van der Waals surface area contributed by atoms with Crippen molar-refractivity contribution >= 4 is 29.3 Å². The standard InChI is InChI=1S/C20H15ClF4N4O5S/c1-2-12(18(31)32)34-17-13(4-3-5-27-17)35-14-7-11(10(22)6-9(14)21)28-16(30)8-15(20(23,24)25)29(26)19(28)33/h3-8,12H,2,26H2,1H3,(H,31,32). The predicted octanol–water partition coefficient (Wildman–Crippen LogP) is 3.31. The number of hydrogen-bond acceptors (Lipinski definition) is 7. The van der Waals surface area contributed by atoms with Gasteiger partial charge in [-0.1, -0.05) is 30.3 Å². The van der Waals surface area contributed by atoms with Crippen LogP contribution < -0.4 is 21.8 Å². The average molecular weight is 535 g/mol. The third-order valence-corrected chi connectivity index (χ3v) is 6.04. The molecule has 186 valence electrons. The molecule has 0 saturated heterocycles. The first-order chi connectivity index (χ1) is 16.3. The van der Waals surface area contributed by atoms with Crippen LogP contribution in [-0.4, -0.2) is 31.4 Å². The highest BCUT2D eigenvalue weighted by atomic mass is 35.5. The van der Waals surface area contributed by atoms with Gasteiger partial charge >= 0.3 is 17.8 Å². The Hall–Kier alpha value is -3.52. The molecule has 1 unspecified atom stereocenters. The molecule has 35 heavy (non-hydrogen) atoms. The lowest BCUT2D eigenvalue weighted by atomic mass is 10.3. The van der Waals surface area contributed by atoms with Gasteiger partial charge in [0.05, 0.1) is 15.6 Å². The third-order valence-electron chi connectivity index (χ3n) is 4.53. The minimum Gasteiger partial charge on any atom is -0.479 e. The number of halogens is 5. The van der Waals surface area contributed by atoms with Crippen LogP contribution >= 0.6 is 23.4 Å². The molecule has 3 N–H and O–H groups in total. The number of benzene rings is 1. The van der Waals surface area contributed by atoms with Gasteiger partial charge in [-0.05, 0) is 30.7 Å². The molecule has 0 amide bonds. The molecule has 0 aliphatic heterocycles. The largest absolute Gasteiger partial charge is 0.479 e. The highest BCUT2D eigenvalue weighted by molar-refractivity contribution is 7.99. The van der Waals surface area contributed by atoms with Crippen LogP contribution in [0.2, 0.25) is 5.02 Å². The highest BCUT2D eigenvalue weighted by Gasteiger charge is 2.36. The van der Waals surface area contributed by atoms with Crippen LogP contribution in [0.1, 0.15) is 19.0 Å². The molecule has 3 aromatic rings. The van der Waals surface area contributed by atoms with Gasteiger partial charge < -0.3 is 15.7 Å². The summed E-state index contributed by atoms with van der Waals surface area (Å²) in [7, 11) is 0. The van der Waals surface area contributed by atoms with E-state index in [0.29, 0.717) is 0 Å². The quantitative estimate of drug-likeness (QED) is 0.349. The molecule has 1 aromatic carbocycles. The first-order valence-corrected chi connectivity index (χ1v) is 10.8. The second-order valence-electron chi connectivity index (χ2n) is 6.85. The number of aliphatic carboxylic acids is 1. The number of rotatable bonds is 7. The van der Waals surface area contributed by atoms with Crippen molar-refractivity contribution in [1.29, 1.82) is 0 Å². The van der Waals surface area contributed by atoms with Crippen molar-refractivity contribution < 1.29 is 32.2 Å². The number of nitrogens with zero attached hydrogens (tertiary/aromatic N) is 3. The van der Waals surface area contributed by atoms with E-state index in [-0.39, 0.29) is 42.4 Å². The Balaban J connectivity index is 2.11. The van der Waals surface area contributed by atoms with E-state index < -0.39 is 46.7 Å². The zero-order valence-electron chi connectivity index (χ0n) is 17.5. The van der Waals surface area contributed by atoms with Crippen molar-refractivity contribution in [3.05, 3.63) is 73.9 Å².